The number of hydrogen-bond acceptors (Lipinski definition) is 10. The molecule has 3 aromatic carbocycles. The maximum absolute atomic E-state index is 13.3. The highest BCUT2D eigenvalue weighted by molar-refractivity contribution is 7.99. The number of hydrogen-bond donors (Lipinski definition) is 2. The molecule has 1 aliphatic carbocycles. The largest absolute Gasteiger partial charge is 0.375 e. The van der Waals surface area contributed by atoms with E-state index in [1.54, 1.807) is 23.9 Å². The Morgan fingerprint density at radius 3 is 2.27 bits per heavy atom. The van der Waals surface area contributed by atoms with Gasteiger partial charge in [-0.1, -0.05) is 31.0 Å². The molecule has 13 heteroatoms. The Labute approximate surface area is 294 Å². The molecule has 3 aromatic rings. The van der Waals surface area contributed by atoms with Crippen molar-refractivity contribution in [2.75, 3.05) is 69.8 Å². The molecule has 1 amide bonds. The number of piperidine rings is 1. The zero-order valence-electron chi connectivity index (χ0n) is 28.6. The van der Waals surface area contributed by atoms with E-state index in [0.717, 1.165) is 42.8 Å². The molecule has 0 bridgehead atoms. The van der Waals surface area contributed by atoms with Gasteiger partial charge < -0.3 is 20.0 Å². The van der Waals surface area contributed by atoms with E-state index in [0.29, 0.717) is 17.7 Å². The molecule has 1 saturated carbocycles. The lowest BCUT2D eigenvalue weighted by Crippen LogP contribution is -2.39. The SMILES string of the molecule is CN(C)CCN(C)C[C@H](CSc1ccccc1)Nc1ccc(S(=O)(=O)NC(=O)c2ccc(N3CCC4(CCCC4)CC3)cc2)cc1[N+](=O)[O-]. The fraction of sp³-hybridized carbons (Fsp3) is 0.472. The number of nitrogens with one attached hydrogen (secondary N) is 2. The molecule has 264 valence electrons. The molecular formula is C36H48N6O5S2. The second-order valence-corrected chi connectivity index (χ2v) is 16.4. The van der Waals surface area contributed by atoms with Crippen molar-refractivity contribution < 1.29 is 18.1 Å². The number of rotatable bonds is 15. The predicted octanol–water partition coefficient (Wildman–Crippen LogP) is 5.94. The molecule has 2 fully saturated rings. The summed E-state index contributed by atoms with van der Waals surface area (Å²) in [5, 5.41) is 15.5. The van der Waals surface area contributed by atoms with Crippen LogP contribution in [0, 0.1) is 15.5 Å². The second-order valence-electron chi connectivity index (χ2n) is 13.6. The zero-order chi connectivity index (χ0) is 35.0. The Hall–Kier alpha value is -3.65. The van der Waals surface area contributed by atoms with Crippen LogP contribution in [-0.2, 0) is 10.0 Å². The number of carbonyl (C=O) groups is 1. The molecule has 0 aromatic heterocycles. The monoisotopic (exact) mass is 708 g/mol. The number of nitro benzene ring substituents is 1. The Morgan fingerprint density at radius 2 is 1.63 bits per heavy atom. The van der Waals surface area contributed by atoms with Crippen molar-refractivity contribution in [1.29, 1.82) is 0 Å². The lowest BCUT2D eigenvalue weighted by Gasteiger charge is -2.40. The van der Waals surface area contributed by atoms with Gasteiger partial charge in [0.1, 0.15) is 5.69 Å². The average Bonchev–Trinajstić information content (AvgIpc) is 3.54. The lowest BCUT2D eigenvalue weighted by molar-refractivity contribution is -0.384. The van der Waals surface area contributed by atoms with Crippen LogP contribution in [0.15, 0.2) is 82.6 Å². The summed E-state index contributed by atoms with van der Waals surface area (Å²) >= 11 is 1.64. The molecule has 1 heterocycles. The van der Waals surface area contributed by atoms with Crippen molar-refractivity contribution in [1.82, 2.24) is 14.5 Å². The Kier molecular flexibility index (Phi) is 12.2. The minimum Gasteiger partial charge on any atom is -0.375 e. The molecule has 1 spiro atoms. The molecule has 2 aliphatic rings. The minimum absolute atomic E-state index is 0.185. The van der Waals surface area contributed by atoms with E-state index in [2.05, 4.69) is 24.7 Å². The summed E-state index contributed by atoms with van der Waals surface area (Å²) in [5.41, 5.74) is 1.53. The fourth-order valence-electron chi connectivity index (χ4n) is 6.79. The number of likely N-dealkylation sites (N-methyl/N-ethyl adjacent to an activating group) is 2. The third kappa shape index (κ3) is 9.96. The van der Waals surface area contributed by atoms with E-state index >= 15 is 0 Å². The molecular weight excluding hydrogens is 661 g/mol. The summed E-state index contributed by atoms with van der Waals surface area (Å²) < 4.78 is 28.7. The van der Waals surface area contributed by atoms with Gasteiger partial charge in [0.2, 0.25) is 0 Å². The third-order valence-electron chi connectivity index (χ3n) is 9.70. The van der Waals surface area contributed by atoms with Gasteiger partial charge in [-0.3, -0.25) is 14.9 Å². The van der Waals surface area contributed by atoms with Crippen LogP contribution < -0.4 is 14.9 Å². The van der Waals surface area contributed by atoms with E-state index in [9.17, 15) is 23.3 Å². The first-order chi connectivity index (χ1) is 23.4. The quantitative estimate of drug-likeness (QED) is 0.111. The van der Waals surface area contributed by atoms with E-state index in [1.807, 2.05) is 63.6 Å². The van der Waals surface area contributed by atoms with Crippen LogP contribution in [0.1, 0.15) is 48.9 Å². The highest BCUT2D eigenvalue weighted by Gasteiger charge is 2.37. The van der Waals surface area contributed by atoms with Gasteiger partial charge in [0, 0.05) is 66.7 Å². The molecule has 11 nitrogen and oxygen atoms in total. The van der Waals surface area contributed by atoms with Crippen LogP contribution in [-0.4, -0.2) is 94.7 Å². The molecule has 2 N–H and O–H groups in total. The minimum atomic E-state index is -4.39. The van der Waals surface area contributed by atoms with Crippen molar-refractivity contribution >= 4 is 44.8 Å². The van der Waals surface area contributed by atoms with Crippen molar-refractivity contribution in [3.05, 3.63) is 88.5 Å². The standard InChI is InChI=1S/C36H48N6O5S2/c1-39(2)23-24-40(3)26-29(27-48-31-9-5-4-6-10-31)37-33-16-15-32(25-34(33)42(44)45)49(46,47)38-35(43)28-11-13-30(14-12-28)41-21-19-36(20-22-41)17-7-8-18-36/h4-6,9-16,25,29,37H,7-8,17-24,26-27H2,1-3H3,(H,38,43)/t29-/m1/s1. The van der Waals surface area contributed by atoms with Crippen LogP contribution in [0.5, 0.6) is 0 Å². The molecule has 1 atom stereocenters. The van der Waals surface area contributed by atoms with Gasteiger partial charge in [-0.25, -0.2) is 13.1 Å². The number of anilines is 2. The highest BCUT2D eigenvalue weighted by atomic mass is 32.2. The number of nitrogens with zero attached hydrogens (tertiary/aromatic N) is 4. The van der Waals surface area contributed by atoms with Crippen molar-refractivity contribution in [2.45, 2.75) is 54.4 Å². The van der Waals surface area contributed by atoms with E-state index in [1.165, 1.54) is 50.7 Å². The topological polar surface area (TPSA) is 128 Å². The Bertz CT molecular complexity index is 1670. The van der Waals surface area contributed by atoms with E-state index in [4.69, 9.17) is 0 Å². The van der Waals surface area contributed by atoms with Crippen molar-refractivity contribution in [3.8, 4) is 0 Å². The summed E-state index contributed by atoms with van der Waals surface area (Å²) in [7, 11) is 1.62. The maximum atomic E-state index is 13.3. The van der Waals surface area contributed by atoms with Gasteiger partial charge in [-0.05, 0) is 101 Å². The summed E-state index contributed by atoms with van der Waals surface area (Å²) in [4.78, 5) is 31.9. The second kappa shape index (κ2) is 16.4. The molecule has 1 saturated heterocycles. The summed E-state index contributed by atoms with van der Waals surface area (Å²) in [6, 6.07) is 20.4. The average molecular weight is 709 g/mol. The Morgan fingerprint density at radius 1 is 0.959 bits per heavy atom. The van der Waals surface area contributed by atoms with Crippen molar-refractivity contribution in [3.63, 3.8) is 0 Å². The van der Waals surface area contributed by atoms with Crippen LogP contribution in [0.25, 0.3) is 0 Å². The lowest BCUT2D eigenvalue weighted by atomic mass is 9.77. The fourth-order valence-corrected chi connectivity index (χ4v) is 8.72. The van der Waals surface area contributed by atoms with Crippen molar-refractivity contribution in [2.24, 2.45) is 5.41 Å². The number of amides is 1. The number of carbonyl (C=O) groups excluding carboxylic acids is 1. The normalized spacial score (nSPS) is 16.6. The molecule has 49 heavy (non-hydrogen) atoms. The van der Waals surface area contributed by atoms with Gasteiger partial charge in [0.05, 0.1) is 9.82 Å². The summed E-state index contributed by atoms with van der Waals surface area (Å²) in [6.07, 6.45) is 7.64. The number of thioether (sulfide) groups is 1. The first kappa shape index (κ1) is 36.6. The number of benzene rings is 3. The number of nitro groups is 1. The predicted molar refractivity (Wildman–Crippen MR) is 197 cm³/mol. The number of sulfonamides is 1. The first-order valence-corrected chi connectivity index (χ1v) is 19.4. The van der Waals surface area contributed by atoms with Gasteiger partial charge in [0.25, 0.3) is 21.6 Å². The van der Waals surface area contributed by atoms with Crippen LogP contribution >= 0.6 is 11.8 Å². The first-order valence-electron chi connectivity index (χ1n) is 16.9. The summed E-state index contributed by atoms with van der Waals surface area (Å²) in [5.74, 6) is -0.167. The Balaban J connectivity index is 1.25. The van der Waals surface area contributed by atoms with Gasteiger partial charge in [0.15, 0.2) is 0 Å². The maximum Gasteiger partial charge on any atom is 0.293 e. The van der Waals surface area contributed by atoms with Gasteiger partial charge in [-0.15, -0.1) is 11.8 Å². The van der Waals surface area contributed by atoms with Crippen LogP contribution in [0.4, 0.5) is 17.1 Å². The summed E-state index contributed by atoms with van der Waals surface area (Å²) in [6.45, 7) is 4.23. The van der Waals surface area contributed by atoms with Gasteiger partial charge >= 0.3 is 0 Å². The van der Waals surface area contributed by atoms with E-state index < -0.39 is 20.9 Å². The van der Waals surface area contributed by atoms with Gasteiger partial charge in [-0.2, -0.15) is 0 Å². The smallest absolute Gasteiger partial charge is 0.293 e. The molecule has 5 rings (SSSR count). The molecule has 1 aliphatic heterocycles. The van der Waals surface area contributed by atoms with E-state index in [-0.39, 0.29) is 27.9 Å². The van der Waals surface area contributed by atoms with Crippen LogP contribution in [0.2, 0.25) is 0 Å². The zero-order valence-corrected chi connectivity index (χ0v) is 30.3. The third-order valence-corrected chi connectivity index (χ3v) is 12.2. The molecule has 0 unspecified atom stereocenters. The van der Waals surface area contributed by atoms with Crippen LogP contribution in [0.3, 0.4) is 0 Å². The molecule has 0 radical (unpaired) electrons. The highest BCUT2D eigenvalue weighted by Crippen LogP contribution is 2.46.